The smallest absolute Gasteiger partial charge is 0.254 e. The highest BCUT2D eigenvalue weighted by molar-refractivity contribution is 7.09. The second-order valence-electron chi connectivity index (χ2n) is 3.86. The fraction of sp³-hybridized carbons (Fsp3) is 0.273. The molecule has 0 fully saturated rings. The number of thiazole rings is 1. The van der Waals surface area contributed by atoms with E-state index >= 15 is 0 Å². The Morgan fingerprint density at radius 1 is 1.39 bits per heavy atom. The van der Waals surface area contributed by atoms with Crippen molar-refractivity contribution in [1.29, 1.82) is 0 Å². The van der Waals surface area contributed by atoms with Gasteiger partial charge in [-0.15, -0.1) is 11.3 Å². The summed E-state index contributed by atoms with van der Waals surface area (Å²) >= 11 is 1.67. The van der Waals surface area contributed by atoms with E-state index < -0.39 is 0 Å². The van der Waals surface area contributed by atoms with Crippen molar-refractivity contribution in [3.05, 3.63) is 34.7 Å². The van der Waals surface area contributed by atoms with Crippen molar-refractivity contribution < 1.29 is 0 Å². The number of aromatic nitrogens is 5. The number of rotatable bonds is 4. The van der Waals surface area contributed by atoms with Crippen LogP contribution in [-0.2, 0) is 6.42 Å². The third kappa shape index (κ3) is 2.17. The van der Waals surface area contributed by atoms with E-state index in [0.29, 0.717) is 5.78 Å². The molecule has 0 spiro atoms. The van der Waals surface area contributed by atoms with Crippen LogP contribution in [0.25, 0.3) is 5.78 Å². The van der Waals surface area contributed by atoms with Crippen LogP contribution in [0.15, 0.2) is 24.0 Å². The largest absolute Gasteiger partial charge is 0.369 e. The second kappa shape index (κ2) is 4.69. The van der Waals surface area contributed by atoms with Crippen LogP contribution >= 0.6 is 11.3 Å². The molecule has 92 valence electrons. The first-order chi connectivity index (χ1) is 8.83. The van der Waals surface area contributed by atoms with E-state index in [4.69, 9.17) is 0 Å². The number of aryl methyl sites for hydroxylation is 1. The fourth-order valence-electron chi connectivity index (χ4n) is 1.73. The summed E-state index contributed by atoms with van der Waals surface area (Å²) in [4.78, 5) is 12.6. The van der Waals surface area contributed by atoms with Gasteiger partial charge in [-0.25, -0.2) is 9.97 Å². The lowest BCUT2D eigenvalue weighted by atomic mass is 10.4. The molecular weight excluding hydrogens is 248 g/mol. The number of anilines is 1. The third-order valence-electron chi connectivity index (χ3n) is 2.51. The van der Waals surface area contributed by atoms with Crippen LogP contribution in [0.3, 0.4) is 0 Å². The van der Waals surface area contributed by atoms with E-state index in [1.165, 1.54) is 6.33 Å². The predicted molar refractivity (Wildman–Crippen MR) is 69.8 cm³/mol. The van der Waals surface area contributed by atoms with Gasteiger partial charge in [0, 0.05) is 36.3 Å². The molecule has 1 N–H and O–H groups in total. The van der Waals surface area contributed by atoms with Gasteiger partial charge in [-0.2, -0.15) is 14.6 Å². The van der Waals surface area contributed by atoms with Crippen molar-refractivity contribution >= 4 is 22.9 Å². The van der Waals surface area contributed by atoms with Gasteiger partial charge in [0.1, 0.15) is 12.1 Å². The summed E-state index contributed by atoms with van der Waals surface area (Å²) < 4.78 is 1.70. The molecule has 0 bridgehead atoms. The maximum atomic E-state index is 4.29. The summed E-state index contributed by atoms with van der Waals surface area (Å²) in [6, 6.07) is 1.96. The molecule has 0 saturated heterocycles. The van der Waals surface area contributed by atoms with Crippen molar-refractivity contribution in [2.75, 3.05) is 11.9 Å². The molecule has 3 aromatic rings. The number of nitrogens with zero attached hydrogens (tertiary/aromatic N) is 5. The van der Waals surface area contributed by atoms with Crippen LogP contribution in [0.4, 0.5) is 5.82 Å². The zero-order valence-electron chi connectivity index (χ0n) is 9.87. The van der Waals surface area contributed by atoms with Gasteiger partial charge in [-0.05, 0) is 6.92 Å². The third-order valence-corrected chi connectivity index (χ3v) is 3.35. The molecule has 3 heterocycles. The van der Waals surface area contributed by atoms with Gasteiger partial charge in [0.25, 0.3) is 5.78 Å². The first-order valence-electron chi connectivity index (χ1n) is 5.62. The quantitative estimate of drug-likeness (QED) is 0.770. The van der Waals surface area contributed by atoms with Crippen molar-refractivity contribution in [3.63, 3.8) is 0 Å². The minimum Gasteiger partial charge on any atom is -0.369 e. The first kappa shape index (κ1) is 11.1. The number of nitrogens with one attached hydrogen (secondary N) is 1. The average molecular weight is 260 g/mol. The minimum absolute atomic E-state index is 0.617. The Bertz CT molecular complexity index is 645. The molecule has 0 aliphatic rings. The summed E-state index contributed by atoms with van der Waals surface area (Å²) in [6.07, 6.45) is 4.23. The van der Waals surface area contributed by atoms with Crippen LogP contribution < -0.4 is 5.32 Å². The summed E-state index contributed by atoms with van der Waals surface area (Å²) in [5.74, 6) is 1.53. The van der Waals surface area contributed by atoms with Gasteiger partial charge < -0.3 is 5.32 Å². The molecule has 0 saturated carbocycles. The van der Waals surface area contributed by atoms with E-state index in [0.717, 1.165) is 29.5 Å². The lowest BCUT2D eigenvalue weighted by Gasteiger charge is -2.07. The van der Waals surface area contributed by atoms with Crippen LogP contribution in [0.1, 0.15) is 10.7 Å². The SMILES string of the molecule is Cc1cc(NCCc2nccs2)n2ncnc2n1. The molecule has 0 aromatic carbocycles. The molecule has 0 amide bonds. The number of fused-ring (bicyclic) bond motifs is 1. The molecule has 0 radical (unpaired) electrons. The lowest BCUT2D eigenvalue weighted by molar-refractivity contribution is 0.903. The standard InChI is InChI=1S/C11H12N6S/c1-8-6-9(17-11(16-8)14-7-15-17)12-3-2-10-13-4-5-18-10/h4-7,12H,2-3H2,1H3. The summed E-state index contributed by atoms with van der Waals surface area (Å²) in [7, 11) is 0. The Morgan fingerprint density at radius 3 is 3.17 bits per heavy atom. The van der Waals surface area contributed by atoms with Gasteiger partial charge in [-0.3, -0.25) is 0 Å². The Kier molecular flexibility index (Phi) is 2.89. The number of hydrogen-bond acceptors (Lipinski definition) is 6. The summed E-state index contributed by atoms with van der Waals surface area (Å²) in [6.45, 7) is 2.76. The van der Waals surface area contributed by atoms with Crippen LogP contribution in [0, 0.1) is 6.92 Å². The van der Waals surface area contributed by atoms with Crippen LogP contribution in [0.5, 0.6) is 0 Å². The number of hydrogen-bond donors (Lipinski definition) is 1. The van der Waals surface area contributed by atoms with Gasteiger partial charge in [0.05, 0.1) is 5.01 Å². The molecule has 3 rings (SSSR count). The van der Waals surface area contributed by atoms with E-state index in [2.05, 4.69) is 25.4 Å². The van der Waals surface area contributed by atoms with Gasteiger partial charge >= 0.3 is 0 Å². The van der Waals surface area contributed by atoms with Crippen molar-refractivity contribution in [1.82, 2.24) is 24.6 Å². The molecule has 0 atom stereocenters. The van der Waals surface area contributed by atoms with Crippen LogP contribution in [-0.4, -0.2) is 31.1 Å². The monoisotopic (exact) mass is 260 g/mol. The van der Waals surface area contributed by atoms with Gasteiger partial charge in [0.15, 0.2) is 0 Å². The Labute approximate surface area is 108 Å². The average Bonchev–Trinajstić information content (AvgIpc) is 2.98. The Balaban J connectivity index is 1.75. The van der Waals surface area contributed by atoms with E-state index in [-0.39, 0.29) is 0 Å². The topological polar surface area (TPSA) is 68.0 Å². The van der Waals surface area contributed by atoms with E-state index in [1.54, 1.807) is 15.9 Å². The molecule has 18 heavy (non-hydrogen) atoms. The van der Waals surface area contributed by atoms with Gasteiger partial charge in [0.2, 0.25) is 0 Å². The molecule has 7 heteroatoms. The Morgan fingerprint density at radius 2 is 2.33 bits per heavy atom. The molecule has 3 aromatic heterocycles. The molecule has 0 aliphatic heterocycles. The minimum atomic E-state index is 0.617. The second-order valence-corrected chi connectivity index (χ2v) is 4.84. The first-order valence-corrected chi connectivity index (χ1v) is 6.50. The summed E-state index contributed by atoms with van der Waals surface area (Å²) in [5.41, 5.74) is 0.923. The molecule has 0 unspecified atom stereocenters. The van der Waals surface area contributed by atoms with Crippen LogP contribution in [0.2, 0.25) is 0 Å². The van der Waals surface area contributed by atoms with Crippen molar-refractivity contribution in [3.8, 4) is 0 Å². The maximum Gasteiger partial charge on any atom is 0.254 e. The maximum absolute atomic E-state index is 4.29. The lowest BCUT2D eigenvalue weighted by Crippen LogP contribution is -2.10. The molecule has 6 nitrogen and oxygen atoms in total. The fourth-order valence-corrected chi connectivity index (χ4v) is 2.35. The van der Waals surface area contributed by atoms with Crippen molar-refractivity contribution in [2.45, 2.75) is 13.3 Å². The molecular formula is C11H12N6S. The van der Waals surface area contributed by atoms with Gasteiger partial charge in [-0.1, -0.05) is 0 Å². The highest BCUT2D eigenvalue weighted by atomic mass is 32.1. The predicted octanol–water partition coefficient (Wildman–Crippen LogP) is 1.54. The van der Waals surface area contributed by atoms with E-state index in [1.807, 2.05) is 24.6 Å². The normalized spacial score (nSPS) is 10.9. The highest BCUT2D eigenvalue weighted by Gasteiger charge is 2.05. The zero-order valence-corrected chi connectivity index (χ0v) is 10.7. The highest BCUT2D eigenvalue weighted by Crippen LogP contribution is 2.11. The molecule has 0 aliphatic carbocycles. The zero-order chi connectivity index (χ0) is 12.4. The Hall–Kier alpha value is -2.02. The summed E-state index contributed by atoms with van der Waals surface area (Å²) in [5, 5.41) is 10.6. The van der Waals surface area contributed by atoms with Crippen molar-refractivity contribution in [2.24, 2.45) is 0 Å². The van der Waals surface area contributed by atoms with E-state index in [9.17, 15) is 0 Å².